The summed E-state index contributed by atoms with van der Waals surface area (Å²) in [5.74, 6) is -3.26. The first-order valence-corrected chi connectivity index (χ1v) is 28.5. The normalized spacial score (nSPS) is 19.1. The van der Waals surface area contributed by atoms with E-state index in [-0.39, 0.29) is 25.9 Å². The Morgan fingerprint density at radius 1 is 0.453 bits per heavy atom. The Morgan fingerprint density at radius 3 is 1.32 bits per heavy atom. The van der Waals surface area contributed by atoms with Crippen molar-refractivity contribution in [2.24, 2.45) is 0 Å². The number of carboxylic acids is 1. The molecule has 1 fully saturated rings. The lowest BCUT2D eigenvalue weighted by atomic mass is 9.98. The summed E-state index contributed by atoms with van der Waals surface area (Å²) in [6.07, 6.45) is 56.1. The Morgan fingerprint density at radius 2 is 0.853 bits per heavy atom. The lowest BCUT2D eigenvalue weighted by molar-refractivity contribution is -0.301. The van der Waals surface area contributed by atoms with Gasteiger partial charge in [-0.25, -0.2) is 4.79 Å². The van der Waals surface area contributed by atoms with E-state index in [1.807, 2.05) is 6.08 Å². The van der Waals surface area contributed by atoms with Crippen molar-refractivity contribution in [1.82, 2.24) is 0 Å². The quantitative estimate of drug-likeness (QED) is 0.0228. The molecule has 0 amide bonds. The molecule has 0 bridgehead atoms. The average Bonchev–Trinajstić information content (AvgIpc) is 3.39. The maximum Gasteiger partial charge on any atom is 0.335 e. The van der Waals surface area contributed by atoms with E-state index in [4.69, 9.17) is 23.7 Å². The van der Waals surface area contributed by atoms with Crippen molar-refractivity contribution in [2.45, 2.75) is 237 Å². The zero-order valence-corrected chi connectivity index (χ0v) is 46.2. The van der Waals surface area contributed by atoms with Gasteiger partial charge >= 0.3 is 23.9 Å². The predicted molar refractivity (Wildman–Crippen MR) is 303 cm³/mol. The highest BCUT2D eigenvalue weighted by molar-refractivity contribution is 5.74. The van der Waals surface area contributed by atoms with Crippen LogP contribution in [0.5, 0.6) is 0 Å². The van der Waals surface area contributed by atoms with E-state index in [9.17, 15) is 34.5 Å². The molecule has 0 radical (unpaired) electrons. The van der Waals surface area contributed by atoms with Gasteiger partial charge in [-0.15, -0.1) is 0 Å². The van der Waals surface area contributed by atoms with Crippen molar-refractivity contribution < 1.29 is 58.2 Å². The number of rotatable bonds is 46. The Bertz CT molecular complexity index is 1770. The van der Waals surface area contributed by atoms with Crippen molar-refractivity contribution in [2.75, 3.05) is 13.2 Å². The highest BCUT2D eigenvalue weighted by Crippen LogP contribution is 2.26. The summed E-state index contributed by atoms with van der Waals surface area (Å²) >= 11 is 0. The number of aliphatic hydroxyl groups is 2. The van der Waals surface area contributed by atoms with E-state index < -0.39 is 67.3 Å². The van der Waals surface area contributed by atoms with Crippen LogP contribution in [0.4, 0.5) is 0 Å². The molecule has 1 rings (SSSR count). The van der Waals surface area contributed by atoms with Gasteiger partial charge in [-0.2, -0.15) is 0 Å². The monoisotopic (exact) mass is 1050 g/mol. The van der Waals surface area contributed by atoms with Crippen molar-refractivity contribution in [3.05, 3.63) is 122 Å². The molecular weight excluding hydrogens is 949 g/mol. The molecule has 1 heterocycles. The number of esters is 3. The lowest BCUT2D eigenvalue weighted by Crippen LogP contribution is -2.61. The van der Waals surface area contributed by atoms with Crippen LogP contribution < -0.4 is 0 Å². The summed E-state index contributed by atoms with van der Waals surface area (Å²) in [7, 11) is 0. The average molecular weight is 1050 g/mol. The van der Waals surface area contributed by atoms with Crippen molar-refractivity contribution in [1.29, 1.82) is 0 Å². The van der Waals surface area contributed by atoms with Gasteiger partial charge in [0.15, 0.2) is 24.6 Å². The van der Waals surface area contributed by atoms with Gasteiger partial charge in [0.25, 0.3) is 0 Å². The van der Waals surface area contributed by atoms with E-state index >= 15 is 0 Å². The van der Waals surface area contributed by atoms with Gasteiger partial charge in [-0.1, -0.05) is 187 Å². The van der Waals surface area contributed by atoms with Gasteiger partial charge in [0.1, 0.15) is 18.8 Å². The number of carbonyl (C=O) groups excluding carboxylic acids is 3. The van der Waals surface area contributed by atoms with Crippen LogP contribution in [0.2, 0.25) is 0 Å². The Hall–Kier alpha value is -4.88. The Labute approximate surface area is 452 Å². The molecule has 1 saturated heterocycles. The number of unbranched alkanes of at least 4 members (excludes halogenated alkanes) is 12. The van der Waals surface area contributed by atoms with E-state index in [0.29, 0.717) is 25.7 Å². The molecule has 0 aromatic heterocycles. The molecular formula is C63H98O12. The van der Waals surface area contributed by atoms with Crippen molar-refractivity contribution in [3.63, 3.8) is 0 Å². The number of carbonyl (C=O) groups is 4. The minimum absolute atomic E-state index is 0.0299. The first kappa shape index (κ1) is 68.1. The molecule has 6 unspecified atom stereocenters. The van der Waals surface area contributed by atoms with E-state index in [1.165, 1.54) is 0 Å². The molecule has 12 heteroatoms. The number of ether oxygens (including phenoxy) is 5. The van der Waals surface area contributed by atoms with Gasteiger partial charge in [0.05, 0.1) is 6.61 Å². The summed E-state index contributed by atoms with van der Waals surface area (Å²) in [6, 6.07) is 0. The van der Waals surface area contributed by atoms with E-state index in [0.717, 1.165) is 135 Å². The fourth-order valence-electron chi connectivity index (χ4n) is 7.69. The second-order valence-corrected chi connectivity index (χ2v) is 18.8. The molecule has 75 heavy (non-hydrogen) atoms. The van der Waals surface area contributed by atoms with Crippen LogP contribution in [0, 0.1) is 0 Å². The largest absolute Gasteiger partial charge is 0.479 e. The Balaban J connectivity index is 2.77. The van der Waals surface area contributed by atoms with Gasteiger partial charge in [0, 0.05) is 19.3 Å². The topological polar surface area (TPSA) is 175 Å². The number of aliphatic carboxylic acids is 1. The van der Waals surface area contributed by atoms with Crippen molar-refractivity contribution in [3.8, 4) is 0 Å². The maximum atomic E-state index is 13.1. The van der Waals surface area contributed by atoms with E-state index in [1.54, 1.807) is 0 Å². The fourth-order valence-corrected chi connectivity index (χ4v) is 7.69. The van der Waals surface area contributed by atoms with Crippen LogP contribution in [-0.2, 0) is 42.9 Å². The third-order valence-electron chi connectivity index (χ3n) is 12.0. The minimum Gasteiger partial charge on any atom is -0.479 e. The Kier molecular flexibility index (Phi) is 45.4. The van der Waals surface area contributed by atoms with Gasteiger partial charge < -0.3 is 39.0 Å². The van der Waals surface area contributed by atoms with Crippen LogP contribution in [0.25, 0.3) is 0 Å². The standard InChI is InChI=1S/C63H98O12/c1-4-7-10-13-16-19-22-25-27-28-30-32-34-37-40-43-46-49-55(64)71-52-54(73-56(65)50-47-44-41-38-36-33-29-26-23-20-17-14-11-8-5-2)53-72-63-61(59(68)58(67)60(75-63)62(69)70)74-57(66)51-48-45-42-39-35-31-24-21-18-15-12-9-6-3/h7-8,10-12,15-17,19-21,24-27,29-30,32,37,40,54,58-61,63,67-68H,4-6,9,13-14,18,22-23,28,31,33-36,38-39,41-53H2,1-3H3,(H,69,70)/b10-7-,11-8-,15-12-,19-16-,20-17-,24-21-,27-25-,29-26-,32-30-,40-37-. The molecule has 12 nitrogen and oxygen atoms in total. The molecule has 6 atom stereocenters. The maximum absolute atomic E-state index is 13.1. The van der Waals surface area contributed by atoms with Crippen LogP contribution in [0.15, 0.2) is 122 Å². The second kappa shape index (κ2) is 50.0. The molecule has 0 spiro atoms. The van der Waals surface area contributed by atoms with Crippen molar-refractivity contribution >= 4 is 23.9 Å². The number of carboxylic acid groups (broad SMARTS) is 1. The summed E-state index contributed by atoms with van der Waals surface area (Å²) in [6.45, 7) is 5.61. The van der Waals surface area contributed by atoms with E-state index in [2.05, 4.69) is 136 Å². The van der Waals surface area contributed by atoms with Crippen LogP contribution in [0.3, 0.4) is 0 Å². The highest BCUT2D eigenvalue weighted by Gasteiger charge is 2.50. The van der Waals surface area contributed by atoms with Crippen LogP contribution in [-0.4, -0.2) is 89.2 Å². The second-order valence-electron chi connectivity index (χ2n) is 18.8. The third-order valence-corrected chi connectivity index (χ3v) is 12.0. The van der Waals surface area contributed by atoms with Gasteiger partial charge in [0.2, 0.25) is 0 Å². The first-order chi connectivity index (χ1) is 36.6. The molecule has 0 saturated carbocycles. The highest BCUT2D eigenvalue weighted by atomic mass is 16.7. The molecule has 0 aliphatic carbocycles. The molecule has 422 valence electrons. The third kappa shape index (κ3) is 40.1. The molecule has 3 N–H and O–H groups in total. The smallest absolute Gasteiger partial charge is 0.335 e. The summed E-state index contributed by atoms with van der Waals surface area (Å²) in [4.78, 5) is 51.0. The number of hydrogen-bond acceptors (Lipinski definition) is 11. The summed E-state index contributed by atoms with van der Waals surface area (Å²) in [5, 5.41) is 31.4. The predicted octanol–water partition coefficient (Wildman–Crippen LogP) is 14.4. The summed E-state index contributed by atoms with van der Waals surface area (Å²) < 4.78 is 28.3. The zero-order chi connectivity index (χ0) is 54.7. The molecule has 1 aliphatic heterocycles. The fraction of sp³-hybridized carbons (Fsp3) is 0.619. The molecule has 0 aromatic rings. The van der Waals surface area contributed by atoms with Crippen LogP contribution in [0.1, 0.15) is 201 Å². The summed E-state index contributed by atoms with van der Waals surface area (Å²) in [5.41, 5.74) is 0. The zero-order valence-electron chi connectivity index (χ0n) is 46.2. The first-order valence-electron chi connectivity index (χ1n) is 28.5. The SMILES string of the molecule is CC/C=C\C/C=C\C/C=C\C/C=C\C/C=C\CCCC(=O)OCC(COC1OC(C(=O)O)C(O)C(O)C1OC(=O)CCCCCCC/C=C\C/C=C\CCC)OC(=O)CCCCCCC/C=C\C/C=C\C/C=C\CC. The lowest BCUT2D eigenvalue weighted by Gasteiger charge is -2.40. The number of aliphatic hydroxyl groups excluding tert-OH is 2. The molecule has 0 aromatic carbocycles. The van der Waals surface area contributed by atoms with Gasteiger partial charge in [-0.05, 0) is 116 Å². The van der Waals surface area contributed by atoms with Gasteiger partial charge in [-0.3, -0.25) is 14.4 Å². The van der Waals surface area contributed by atoms with Crippen LogP contribution >= 0.6 is 0 Å². The number of allylic oxidation sites excluding steroid dienone is 20. The molecule has 1 aliphatic rings. The minimum atomic E-state index is -1.92. The number of hydrogen-bond donors (Lipinski definition) is 3.